The summed E-state index contributed by atoms with van der Waals surface area (Å²) in [6.07, 6.45) is 0.126. The first-order chi connectivity index (χ1) is 18.6. The summed E-state index contributed by atoms with van der Waals surface area (Å²) in [5, 5.41) is 6.02. The van der Waals surface area contributed by atoms with E-state index >= 15 is 0 Å². The third-order valence-corrected chi connectivity index (χ3v) is 8.58. The number of methoxy groups -OCH3 is 1. The number of ketones is 1. The van der Waals surface area contributed by atoms with Gasteiger partial charge in [-0.1, -0.05) is 32.9 Å². The van der Waals surface area contributed by atoms with Crippen molar-refractivity contribution in [2.24, 2.45) is 11.8 Å². The Bertz CT molecular complexity index is 1160. The topological polar surface area (TPSA) is 95.1 Å². The first-order valence-electron chi connectivity index (χ1n) is 13.7. The number of likely N-dealkylation sites (N-methyl/N-ethyl adjacent to an activating group) is 1. The lowest BCUT2D eigenvalue weighted by Crippen LogP contribution is -2.53. The first kappa shape index (κ1) is 29.2. The number of Topliss-reactive ketones (excluding diaryl/α,β-unsaturated/α-hetero) is 1. The largest absolute Gasteiger partial charge is 0.378 e. The number of carbonyl (C=O) groups is 3. The number of likely N-dealkylation sites (tertiary alicyclic amines) is 1. The zero-order chi connectivity index (χ0) is 28.3. The van der Waals surface area contributed by atoms with Crippen molar-refractivity contribution < 1.29 is 19.1 Å². The average Bonchev–Trinajstić information content (AvgIpc) is 3.53. The van der Waals surface area contributed by atoms with E-state index in [1.807, 2.05) is 32.9 Å². The Kier molecular flexibility index (Phi) is 9.40. The lowest BCUT2D eigenvalue weighted by Gasteiger charge is -2.32. The summed E-state index contributed by atoms with van der Waals surface area (Å²) in [5.41, 5.74) is 2.31. The van der Waals surface area contributed by atoms with Crippen LogP contribution < -0.4 is 10.2 Å². The van der Waals surface area contributed by atoms with Crippen molar-refractivity contribution in [1.82, 2.24) is 20.1 Å². The van der Waals surface area contributed by atoms with Gasteiger partial charge < -0.3 is 24.8 Å². The lowest BCUT2D eigenvalue weighted by atomic mass is 9.99. The minimum absolute atomic E-state index is 0.0262. The first-order valence-corrected chi connectivity index (χ1v) is 14.6. The monoisotopic (exact) mass is 555 g/mol. The summed E-state index contributed by atoms with van der Waals surface area (Å²) >= 11 is 1.64. The van der Waals surface area contributed by atoms with Gasteiger partial charge in [0, 0.05) is 62.3 Å². The number of rotatable bonds is 9. The number of amides is 2. The van der Waals surface area contributed by atoms with Crippen LogP contribution in [0.4, 0.5) is 5.13 Å². The third-order valence-electron chi connectivity index (χ3n) is 7.68. The number of aromatic nitrogens is 1. The van der Waals surface area contributed by atoms with Gasteiger partial charge >= 0.3 is 0 Å². The molecule has 1 aromatic heterocycles. The SMILES string of the molecule is CO[C@@H]1C(C)CN(C(=O)C(CC(C)C)NC(=O)c2ccc(-c3csc(N4CCN(C)CC4)n3)cc2)[C@@H]1C(C)=O. The quantitative estimate of drug-likeness (QED) is 0.508. The summed E-state index contributed by atoms with van der Waals surface area (Å²) < 4.78 is 5.57. The number of benzene rings is 1. The second-order valence-corrected chi connectivity index (χ2v) is 12.1. The van der Waals surface area contributed by atoms with Crippen LogP contribution in [0, 0.1) is 11.8 Å². The number of anilines is 1. The molecule has 4 rings (SSSR count). The van der Waals surface area contributed by atoms with Gasteiger partial charge in [0.15, 0.2) is 10.9 Å². The highest BCUT2D eigenvalue weighted by molar-refractivity contribution is 7.14. The van der Waals surface area contributed by atoms with Crippen LogP contribution in [0.25, 0.3) is 11.3 Å². The molecule has 39 heavy (non-hydrogen) atoms. The lowest BCUT2D eigenvalue weighted by molar-refractivity contribution is -0.141. The molecule has 9 nitrogen and oxygen atoms in total. The zero-order valence-electron chi connectivity index (χ0n) is 23.8. The van der Waals surface area contributed by atoms with E-state index in [-0.39, 0.29) is 35.5 Å². The average molecular weight is 556 g/mol. The van der Waals surface area contributed by atoms with E-state index in [2.05, 4.69) is 27.5 Å². The molecule has 2 aromatic rings. The minimum atomic E-state index is -0.730. The fourth-order valence-electron chi connectivity index (χ4n) is 5.52. The van der Waals surface area contributed by atoms with Gasteiger partial charge in [0.1, 0.15) is 12.1 Å². The molecule has 0 bridgehead atoms. The summed E-state index contributed by atoms with van der Waals surface area (Å²) in [6, 6.07) is 5.97. The number of thiazole rings is 1. The standard InChI is InChI=1S/C29H41N5O4S/c1-18(2)15-23(28(37)34-16-19(3)26(38-6)25(34)20(4)35)30-27(36)22-9-7-21(8-10-22)24-17-39-29(31-24)33-13-11-32(5)12-14-33/h7-10,17-19,23,25-26H,11-16H2,1-6H3,(H,30,36)/t19?,23?,25-,26-/m1/s1. The van der Waals surface area contributed by atoms with Crippen molar-refractivity contribution in [2.75, 3.05) is 51.8 Å². The van der Waals surface area contributed by atoms with Crippen LogP contribution in [0.15, 0.2) is 29.6 Å². The van der Waals surface area contributed by atoms with Crippen molar-refractivity contribution in [1.29, 1.82) is 0 Å². The number of piperazine rings is 1. The van der Waals surface area contributed by atoms with E-state index in [0.717, 1.165) is 42.6 Å². The van der Waals surface area contributed by atoms with E-state index in [1.54, 1.807) is 35.5 Å². The number of ether oxygens (including phenoxy) is 1. The molecule has 2 aliphatic rings. The molecule has 2 unspecified atom stereocenters. The van der Waals surface area contributed by atoms with Crippen LogP contribution in [0.5, 0.6) is 0 Å². The molecule has 1 N–H and O–H groups in total. The number of nitrogens with zero attached hydrogens (tertiary/aromatic N) is 4. The van der Waals surface area contributed by atoms with E-state index in [0.29, 0.717) is 18.5 Å². The molecule has 2 amide bonds. The van der Waals surface area contributed by atoms with E-state index in [4.69, 9.17) is 9.72 Å². The zero-order valence-corrected chi connectivity index (χ0v) is 24.7. The van der Waals surface area contributed by atoms with E-state index < -0.39 is 12.1 Å². The van der Waals surface area contributed by atoms with Gasteiger partial charge in [-0.2, -0.15) is 0 Å². The molecule has 4 atom stereocenters. The molecule has 212 valence electrons. The molecule has 2 fully saturated rings. The number of carbonyl (C=O) groups excluding carboxylic acids is 3. The van der Waals surface area contributed by atoms with Gasteiger partial charge in [0.2, 0.25) is 5.91 Å². The van der Waals surface area contributed by atoms with Gasteiger partial charge in [-0.3, -0.25) is 14.4 Å². The number of hydrogen-bond donors (Lipinski definition) is 1. The van der Waals surface area contributed by atoms with Crippen LogP contribution in [-0.2, 0) is 14.3 Å². The highest BCUT2D eigenvalue weighted by Crippen LogP contribution is 2.30. The molecule has 0 saturated carbocycles. The summed E-state index contributed by atoms with van der Waals surface area (Å²) in [6.45, 7) is 11.9. The Morgan fingerprint density at radius 3 is 2.38 bits per heavy atom. The Labute approximate surface area is 235 Å². The predicted octanol–water partition coefficient (Wildman–Crippen LogP) is 3.16. The summed E-state index contributed by atoms with van der Waals surface area (Å²) in [4.78, 5) is 50.4. The maximum Gasteiger partial charge on any atom is 0.251 e. The van der Waals surface area contributed by atoms with Gasteiger partial charge in [0.05, 0.1) is 11.8 Å². The highest BCUT2D eigenvalue weighted by Gasteiger charge is 2.46. The Hall–Kier alpha value is -2.82. The molecule has 0 spiro atoms. The van der Waals surface area contributed by atoms with E-state index in [9.17, 15) is 14.4 Å². The van der Waals surface area contributed by atoms with E-state index in [1.165, 1.54) is 6.92 Å². The van der Waals surface area contributed by atoms with Crippen LogP contribution in [0.3, 0.4) is 0 Å². The Morgan fingerprint density at radius 2 is 1.79 bits per heavy atom. The summed E-state index contributed by atoms with van der Waals surface area (Å²) in [7, 11) is 3.70. The minimum Gasteiger partial charge on any atom is -0.378 e. The van der Waals surface area contributed by atoms with Crippen molar-refractivity contribution in [3.63, 3.8) is 0 Å². The van der Waals surface area contributed by atoms with Gasteiger partial charge in [-0.25, -0.2) is 4.98 Å². The maximum absolute atomic E-state index is 13.6. The fraction of sp³-hybridized carbons (Fsp3) is 0.586. The van der Waals surface area contributed by atoms with Crippen LogP contribution in [0.2, 0.25) is 0 Å². The molecule has 0 radical (unpaired) electrons. The fourth-order valence-corrected chi connectivity index (χ4v) is 6.41. The number of hydrogen-bond acceptors (Lipinski definition) is 8. The van der Waals surface area contributed by atoms with Crippen LogP contribution in [-0.4, -0.2) is 97.5 Å². The molecular formula is C29H41N5O4S. The number of nitrogens with one attached hydrogen (secondary N) is 1. The molecule has 1 aromatic carbocycles. The molecule has 2 saturated heterocycles. The van der Waals surface area contributed by atoms with Gasteiger partial charge in [-0.05, 0) is 38.4 Å². The second kappa shape index (κ2) is 12.6. The molecule has 2 aliphatic heterocycles. The molecule has 0 aliphatic carbocycles. The highest BCUT2D eigenvalue weighted by atomic mass is 32.1. The van der Waals surface area contributed by atoms with Crippen molar-refractivity contribution >= 4 is 34.1 Å². The second-order valence-electron chi connectivity index (χ2n) is 11.3. The normalized spacial score (nSPS) is 22.8. The Morgan fingerprint density at radius 1 is 1.13 bits per heavy atom. The molecule has 3 heterocycles. The predicted molar refractivity (Wildman–Crippen MR) is 154 cm³/mol. The summed E-state index contributed by atoms with van der Waals surface area (Å²) in [5.74, 6) is -0.457. The van der Waals surface area contributed by atoms with Gasteiger partial charge in [-0.15, -0.1) is 11.3 Å². The van der Waals surface area contributed by atoms with Crippen molar-refractivity contribution in [2.45, 2.75) is 52.3 Å². The van der Waals surface area contributed by atoms with Crippen LogP contribution in [0.1, 0.15) is 44.5 Å². The van der Waals surface area contributed by atoms with Crippen LogP contribution >= 0.6 is 11.3 Å². The maximum atomic E-state index is 13.6. The van der Waals surface area contributed by atoms with Crippen molar-refractivity contribution in [3.8, 4) is 11.3 Å². The molecule has 10 heteroatoms. The van der Waals surface area contributed by atoms with Gasteiger partial charge in [0.25, 0.3) is 5.91 Å². The van der Waals surface area contributed by atoms with Crippen molar-refractivity contribution in [3.05, 3.63) is 35.2 Å². The third kappa shape index (κ3) is 6.67. The Balaban J connectivity index is 1.45. The molecular weight excluding hydrogens is 514 g/mol. The smallest absolute Gasteiger partial charge is 0.251 e.